The van der Waals surface area contributed by atoms with Gasteiger partial charge in [-0.3, -0.25) is 9.52 Å². The first kappa shape index (κ1) is 19.8. The van der Waals surface area contributed by atoms with Crippen LogP contribution in [0, 0.1) is 6.92 Å². The SMILES string of the molecule is COc1cc(C)c(S(=O)(=O)Nc2cccc(NC(C)=O)c2)cc1C(C)C. The van der Waals surface area contributed by atoms with Gasteiger partial charge in [0.1, 0.15) is 5.75 Å². The second kappa shape index (κ2) is 7.78. The van der Waals surface area contributed by atoms with Crippen LogP contribution in [0.25, 0.3) is 0 Å². The third kappa shape index (κ3) is 4.54. The van der Waals surface area contributed by atoms with E-state index in [1.165, 1.54) is 6.92 Å². The summed E-state index contributed by atoms with van der Waals surface area (Å²) in [4.78, 5) is 11.4. The summed E-state index contributed by atoms with van der Waals surface area (Å²) in [7, 11) is -2.22. The van der Waals surface area contributed by atoms with E-state index < -0.39 is 10.0 Å². The predicted molar refractivity (Wildman–Crippen MR) is 103 cm³/mol. The Bertz CT molecular complexity index is 921. The highest BCUT2D eigenvalue weighted by atomic mass is 32.2. The third-order valence-corrected chi connectivity index (χ3v) is 5.40. The Balaban J connectivity index is 2.42. The standard InChI is InChI=1S/C19H24N2O4S/c1-12(2)17-11-19(13(3)9-18(17)25-5)26(23,24)21-16-8-6-7-15(10-16)20-14(4)22/h6-12,21H,1-5H3,(H,20,22). The molecule has 7 heteroatoms. The van der Waals surface area contributed by atoms with E-state index in [1.54, 1.807) is 50.4 Å². The Kier molecular flexibility index (Phi) is 5.92. The first-order valence-corrected chi connectivity index (χ1v) is 9.71. The number of anilines is 2. The van der Waals surface area contributed by atoms with Crippen molar-refractivity contribution in [2.75, 3.05) is 17.1 Å². The molecule has 0 radical (unpaired) electrons. The molecule has 0 aliphatic rings. The Morgan fingerprint density at radius 3 is 2.35 bits per heavy atom. The van der Waals surface area contributed by atoms with Crippen LogP contribution >= 0.6 is 0 Å². The number of hydrogen-bond acceptors (Lipinski definition) is 4. The topological polar surface area (TPSA) is 84.5 Å². The number of amides is 1. The van der Waals surface area contributed by atoms with Gasteiger partial charge in [0, 0.05) is 12.6 Å². The minimum Gasteiger partial charge on any atom is -0.496 e. The van der Waals surface area contributed by atoms with Crippen LogP contribution in [0.1, 0.15) is 37.8 Å². The normalized spacial score (nSPS) is 11.3. The number of carbonyl (C=O) groups is 1. The van der Waals surface area contributed by atoms with Crippen LogP contribution in [0.4, 0.5) is 11.4 Å². The molecule has 26 heavy (non-hydrogen) atoms. The summed E-state index contributed by atoms with van der Waals surface area (Å²) in [5.74, 6) is 0.560. The van der Waals surface area contributed by atoms with Gasteiger partial charge in [0.15, 0.2) is 0 Å². The monoisotopic (exact) mass is 376 g/mol. The van der Waals surface area contributed by atoms with Crippen molar-refractivity contribution in [3.8, 4) is 5.75 Å². The number of sulfonamides is 1. The van der Waals surface area contributed by atoms with Crippen molar-refractivity contribution >= 4 is 27.3 Å². The fraction of sp³-hybridized carbons (Fsp3) is 0.316. The first-order chi connectivity index (χ1) is 12.1. The molecule has 0 atom stereocenters. The lowest BCUT2D eigenvalue weighted by molar-refractivity contribution is -0.114. The Morgan fingerprint density at radius 2 is 1.77 bits per heavy atom. The fourth-order valence-electron chi connectivity index (χ4n) is 2.67. The summed E-state index contributed by atoms with van der Waals surface area (Å²) in [6, 6.07) is 9.95. The van der Waals surface area contributed by atoms with Gasteiger partial charge in [0.05, 0.1) is 17.7 Å². The molecular weight excluding hydrogens is 352 g/mol. The number of ether oxygens (including phenoxy) is 1. The lowest BCUT2D eigenvalue weighted by Gasteiger charge is -2.17. The minimum atomic E-state index is -3.79. The van der Waals surface area contributed by atoms with E-state index in [0.717, 1.165) is 5.56 Å². The second-order valence-corrected chi connectivity index (χ2v) is 8.03. The van der Waals surface area contributed by atoms with Gasteiger partial charge in [-0.1, -0.05) is 19.9 Å². The number of hydrogen-bond donors (Lipinski definition) is 2. The summed E-state index contributed by atoms with van der Waals surface area (Å²) in [6.45, 7) is 7.09. The zero-order valence-electron chi connectivity index (χ0n) is 15.6. The van der Waals surface area contributed by atoms with Crippen LogP contribution in [0.15, 0.2) is 41.3 Å². The molecule has 2 aromatic rings. The van der Waals surface area contributed by atoms with Crippen LogP contribution in [0.2, 0.25) is 0 Å². The number of nitrogens with one attached hydrogen (secondary N) is 2. The van der Waals surface area contributed by atoms with E-state index in [2.05, 4.69) is 10.0 Å². The van der Waals surface area contributed by atoms with Gasteiger partial charge < -0.3 is 10.1 Å². The molecule has 0 unspecified atom stereocenters. The van der Waals surface area contributed by atoms with Crippen molar-refractivity contribution in [3.63, 3.8) is 0 Å². The zero-order chi connectivity index (χ0) is 19.5. The molecule has 1 amide bonds. The Labute approximate surface area is 154 Å². The smallest absolute Gasteiger partial charge is 0.262 e. The largest absolute Gasteiger partial charge is 0.496 e. The van der Waals surface area contributed by atoms with Crippen molar-refractivity contribution in [3.05, 3.63) is 47.5 Å². The summed E-state index contributed by atoms with van der Waals surface area (Å²) in [5, 5.41) is 2.63. The molecule has 0 bridgehead atoms. The summed E-state index contributed by atoms with van der Waals surface area (Å²) in [5.41, 5.74) is 2.31. The molecule has 0 spiro atoms. The van der Waals surface area contributed by atoms with E-state index in [-0.39, 0.29) is 16.7 Å². The number of carbonyl (C=O) groups excluding carboxylic acids is 1. The van der Waals surface area contributed by atoms with Gasteiger partial charge in [0.2, 0.25) is 5.91 Å². The molecule has 0 saturated heterocycles. The predicted octanol–water partition coefficient (Wildman–Crippen LogP) is 3.89. The molecule has 2 aromatic carbocycles. The van der Waals surface area contributed by atoms with Crippen molar-refractivity contribution in [2.45, 2.75) is 38.5 Å². The van der Waals surface area contributed by atoms with Gasteiger partial charge in [-0.25, -0.2) is 8.42 Å². The van der Waals surface area contributed by atoms with Crippen molar-refractivity contribution in [1.82, 2.24) is 0 Å². The zero-order valence-corrected chi connectivity index (χ0v) is 16.4. The third-order valence-electron chi connectivity index (χ3n) is 3.87. The lowest BCUT2D eigenvalue weighted by atomic mass is 10.0. The molecule has 6 nitrogen and oxygen atoms in total. The summed E-state index contributed by atoms with van der Waals surface area (Å²) >= 11 is 0. The maximum atomic E-state index is 12.9. The second-order valence-electron chi connectivity index (χ2n) is 6.38. The molecule has 0 fully saturated rings. The average Bonchev–Trinajstić information content (AvgIpc) is 2.53. The highest BCUT2D eigenvalue weighted by Crippen LogP contribution is 2.32. The molecule has 140 valence electrons. The molecular formula is C19H24N2O4S. The number of aryl methyl sites for hydroxylation is 1. The van der Waals surface area contributed by atoms with E-state index >= 15 is 0 Å². The molecule has 2 rings (SSSR count). The lowest BCUT2D eigenvalue weighted by Crippen LogP contribution is -2.15. The van der Waals surface area contributed by atoms with E-state index in [4.69, 9.17) is 4.74 Å². The molecule has 0 saturated carbocycles. The van der Waals surface area contributed by atoms with E-state index in [1.807, 2.05) is 13.8 Å². The van der Waals surface area contributed by atoms with Gasteiger partial charge in [-0.05, 0) is 54.3 Å². The number of benzene rings is 2. The first-order valence-electron chi connectivity index (χ1n) is 8.23. The highest BCUT2D eigenvalue weighted by molar-refractivity contribution is 7.92. The fourth-order valence-corrected chi connectivity index (χ4v) is 3.98. The van der Waals surface area contributed by atoms with E-state index in [9.17, 15) is 13.2 Å². The molecule has 2 N–H and O–H groups in total. The number of methoxy groups -OCH3 is 1. The average molecular weight is 376 g/mol. The Morgan fingerprint density at radius 1 is 1.12 bits per heavy atom. The van der Waals surface area contributed by atoms with Gasteiger partial charge in [0.25, 0.3) is 10.0 Å². The molecule has 0 heterocycles. The van der Waals surface area contributed by atoms with Crippen LogP contribution in [0.5, 0.6) is 5.75 Å². The maximum absolute atomic E-state index is 12.9. The quantitative estimate of drug-likeness (QED) is 0.801. The van der Waals surface area contributed by atoms with Crippen LogP contribution in [0.3, 0.4) is 0 Å². The van der Waals surface area contributed by atoms with Gasteiger partial charge in [-0.2, -0.15) is 0 Å². The van der Waals surface area contributed by atoms with Crippen LogP contribution in [-0.4, -0.2) is 21.4 Å². The summed E-state index contributed by atoms with van der Waals surface area (Å²) < 4.78 is 33.7. The minimum absolute atomic E-state index is 0.114. The highest BCUT2D eigenvalue weighted by Gasteiger charge is 2.21. The van der Waals surface area contributed by atoms with Crippen LogP contribution < -0.4 is 14.8 Å². The van der Waals surface area contributed by atoms with Gasteiger partial charge in [-0.15, -0.1) is 0 Å². The summed E-state index contributed by atoms with van der Waals surface area (Å²) in [6.07, 6.45) is 0. The van der Waals surface area contributed by atoms with E-state index in [0.29, 0.717) is 22.7 Å². The molecule has 0 aliphatic heterocycles. The molecule has 0 aromatic heterocycles. The van der Waals surface area contributed by atoms with Crippen molar-refractivity contribution in [2.24, 2.45) is 0 Å². The Hall–Kier alpha value is -2.54. The van der Waals surface area contributed by atoms with Crippen molar-refractivity contribution < 1.29 is 17.9 Å². The van der Waals surface area contributed by atoms with Crippen LogP contribution in [-0.2, 0) is 14.8 Å². The number of rotatable bonds is 6. The maximum Gasteiger partial charge on any atom is 0.262 e. The van der Waals surface area contributed by atoms with Crippen molar-refractivity contribution in [1.29, 1.82) is 0 Å². The van der Waals surface area contributed by atoms with Gasteiger partial charge >= 0.3 is 0 Å². The molecule has 0 aliphatic carbocycles.